The van der Waals surface area contributed by atoms with Crippen molar-refractivity contribution in [1.82, 2.24) is 15.3 Å². The lowest BCUT2D eigenvalue weighted by Gasteiger charge is -2.19. The molecule has 1 aromatic heterocycles. The van der Waals surface area contributed by atoms with Gasteiger partial charge < -0.3 is 10.1 Å². The smallest absolute Gasteiger partial charge is 0.302 e. The van der Waals surface area contributed by atoms with Gasteiger partial charge in [-0.3, -0.25) is 14.9 Å². The van der Waals surface area contributed by atoms with E-state index >= 15 is 0 Å². The van der Waals surface area contributed by atoms with Crippen LogP contribution in [0.2, 0.25) is 5.02 Å². The Hall–Kier alpha value is -3.07. The summed E-state index contributed by atoms with van der Waals surface area (Å²) in [7, 11) is 0. The quantitative estimate of drug-likeness (QED) is 0.531. The highest BCUT2D eigenvalue weighted by molar-refractivity contribution is 6.31. The van der Waals surface area contributed by atoms with Gasteiger partial charge in [0, 0.05) is 17.1 Å². The van der Waals surface area contributed by atoms with Crippen molar-refractivity contribution < 1.29 is 23.1 Å². The van der Waals surface area contributed by atoms with E-state index in [0.717, 1.165) is 12.8 Å². The van der Waals surface area contributed by atoms with E-state index in [-0.39, 0.29) is 39.8 Å². The molecule has 1 fully saturated rings. The van der Waals surface area contributed by atoms with Gasteiger partial charge in [-0.15, -0.1) is 0 Å². The number of hydrogen-bond donors (Lipinski definition) is 2. The summed E-state index contributed by atoms with van der Waals surface area (Å²) in [5.74, 6) is -3.58. The zero-order valence-corrected chi connectivity index (χ0v) is 18.4. The van der Waals surface area contributed by atoms with Crippen molar-refractivity contribution >= 4 is 29.4 Å². The Bertz CT molecular complexity index is 1040. The standard InChI is InChI=1S/C22H23ClF2N4O3/c1-12(2)22(24,25)11-32-15-6-7-16(17(23)10-15)13(3)27-20(31)18-8-9-26-21(28-18)29-19(30)14-4-5-14/h6-10,13-14H,1,4-5,11H2,2-3H3,(H,27,31)(H,26,28,29,30). The summed E-state index contributed by atoms with van der Waals surface area (Å²) in [5.41, 5.74) is 0.350. The van der Waals surface area contributed by atoms with Crippen molar-refractivity contribution in [3.63, 3.8) is 0 Å². The van der Waals surface area contributed by atoms with Crippen LogP contribution in [0.3, 0.4) is 0 Å². The maximum atomic E-state index is 13.6. The number of ether oxygens (including phenoxy) is 1. The number of halogens is 3. The van der Waals surface area contributed by atoms with Gasteiger partial charge in [0.15, 0.2) is 6.61 Å². The summed E-state index contributed by atoms with van der Waals surface area (Å²) >= 11 is 6.27. The molecule has 0 saturated heterocycles. The number of amides is 2. The molecule has 3 rings (SSSR count). The number of carbonyl (C=O) groups is 2. The van der Waals surface area contributed by atoms with Gasteiger partial charge in [-0.25, -0.2) is 9.97 Å². The van der Waals surface area contributed by atoms with Crippen LogP contribution in [0.25, 0.3) is 0 Å². The Labute approximate surface area is 189 Å². The van der Waals surface area contributed by atoms with E-state index < -0.39 is 24.5 Å². The molecule has 10 heteroatoms. The predicted molar refractivity (Wildman–Crippen MR) is 116 cm³/mol. The molecule has 1 heterocycles. The van der Waals surface area contributed by atoms with Crippen molar-refractivity contribution in [2.75, 3.05) is 11.9 Å². The van der Waals surface area contributed by atoms with Crippen LogP contribution >= 0.6 is 11.6 Å². The van der Waals surface area contributed by atoms with Crippen molar-refractivity contribution in [3.8, 4) is 5.75 Å². The molecule has 170 valence electrons. The highest BCUT2D eigenvalue weighted by atomic mass is 35.5. The average molecular weight is 465 g/mol. The van der Waals surface area contributed by atoms with Crippen LogP contribution in [0, 0.1) is 5.92 Å². The van der Waals surface area contributed by atoms with Crippen LogP contribution in [0.5, 0.6) is 5.75 Å². The van der Waals surface area contributed by atoms with E-state index in [4.69, 9.17) is 16.3 Å². The summed E-state index contributed by atoms with van der Waals surface area (Å²) in [4.78, 5) is 32.5. The Morgan fingerprint density at radius 1 is 1.34 bits per heavy atom. The number of nitrogens with one attached hydrogen (secondary N) is 2. The Morgan fingerprint density at radius 3 is 2.69 bits per heavy atom. The molecular formula is C22H23ClF2N4O3. The topological polar surface area (TPSA) is 93.2 Å². The fourth-order valence-corrected chi connectivity index (χ4v) is 3.03. The van der Waals surface area contributed by atoms with Gasteiger partial charge in [0.2, 0.25) is 11.9 Å². The van der Waals surface area contributed by atoms with Crippen LogP contribution in [0.1, 0.15) is 48.8 Å². The number of aromatic nitrogens is 2. The van der Waals surface area contributed by atoms with E-state index in [1.165, 1.54) is 31.3 Å². The molecule has 7 nitrogen and oxygen atoms in total. The van der Waals surface area contributed by atoms with Crippen LogP contribution in [-0.2, 0) is 4.79 Å². The minimum Gasteiger partial charge on any atom is -0.487 e. The minimum absolute atomic E-state index is 0.0165. The predicted octanol–water partition coefficient (Wildman–Crippen LogP) is 4.56. The van der Waals surface area contributed by atoms with Crippen molar-refractivity contribution in [2.45, 2.75) is 38.7 Å². The number of alkyl halides is 2. The highest BCUT2D eigenvalue weighted by Crippen LogP contribution is 2.30. The first-order chi connectivity index (χ1) is 15.1. The zero-order chi connectivity index (χ0) is 23.5. The molecule has 0 aliphatic heterocycles. The van der Waals surface area contributed by atoms with Crippen LogP contribution < -0.4 is 15.4 Å². The third-order valence-corrected chi connectivity index (χ3v) is 5.23. The third kappa shape index (κ3) is 6.00. The number of anilines is 1. The van der Waals surface area contributed by atoms with Crippen LogP contribution in [-0.4, -0.2) is 34.3 Å². The summed E-state index contributed by atoms with van der Waals surface area (Å²) in [5, 5.41) is 5.60. The monoisotopic (exact) mass is 464 g/mol. The third-order valence-electron chi connectivity index (χ3n) is 4.90. The van der Waals surface area contributed by atoms with E-state index in [0.29, 0.717) is 5.56 Å². The second kappa shape index (κ2) is 9.60. The van der Waals surface area contributed by atoms with Gasteiger partial charge in [-0.05, 0) is 56.0 Å². The van der Waals surface area contributed by atoms with Crippen molar-refractivity contribution in [3.05, 3.63) is 58.9 Å². The second-order valence-corrected chi connectivity index (χ2v) is 8.09. The zero-order valence-electron chi connectivity index (χ0n) is 17.6. The van der Waals surface area contributed by atoms with E-state index in [2.05, 4.69) is 27.2 Å². The molecule has 1 aliphatic rings. The Kier molecular flexibility index (Phi) is 7.08. The summed E-state index contributed by atoms with van der Waals surface area (Å²) in [6.45, 7) is 5.34. The Morgan fingerprint density at radius 2 is 2.06 bits per heavy atom. The minimum atomic E-state index is -3.15. The molecule has 1 atom stereocenters. The number of rotatable bonds is 9. The molecule has 2 aromatic rings. The van der Waals surface area contributed by atoms with Gasteiger partial charge in [-0.1, -0.05) is 24.2 Å². The van der Waals surface area contributed by atoms with Crippen molar-refractivity contribution in [2.24, 2.45) is 5.92 Å². The lowest BCUT2D eigenvalue weighted by Crippen LogP contribution is -2.28. The molecule has 32 heavy (non-hydrogen) atoms. The number of benzene rings is 1. The fraction of sp³-hybridized carbons (Fsp3) is 0.364. The Balaban J connectivity index is 1.62. The molecule has 0 bridgehead atoms. The van der Waals surface area contributed by atoms with E-state index in [1.807, 2.05) is 0 Å². The second-order valence-electron chi connectivity index (χ2n) is 7.68. The SMILES string of the molecule is C=C(C)C(F)(F)COc1ccc(C(C)NC(=O)c2ccnc(NC(=O)C3CC3)n2)c(Cl)c1. The van der Waals surface area contributed by atoms with Gasteiger partial charge in [0.05, 0.1) is 6.04 Å². The van der Waals surface area contributed by atoms with Gasteiger partial charge in [-0.2, -0.15) is 8.78 Å². The first-order valence-corrected chi connectivity index (χ1v) is 10.4. The number of carbonyl (C=O) groups excluding carboxylic acids is 2. The van der Waals surface area contributed by atoms with E-state index in [1.54, 1.807) is 13.0 Å². The molecule has 0 radical (unpaired) electrons. The van der Waals surface area contributed by atoms with Gasteiger partial charge in [0.1, 0.15) is 11.4 Å². The number of hydrogen-bond acceptors (Lipinski definition) is 5. The van der Waals surface area contributed by atoms with E-state index in [9.17, 15) is 18.4 Å². The summed E-state index contributed by atoms with van der Waals surface area (Å²) in [6.07, 6.45) is 3.06. The maximum absolute atomic E-state index is 13.6. The lowest BCUT2D eigenvalue weighted by molar-refractivity contribution is -0.117. The summed E-state index contributed by atoms with van der Waals surface area (Å²) < 4.78 is 32.4. The fourth-order valence-electron chi connectivity index (χ4n) is 2.70. The molecule has 2 N–H and O–H groups in total. The molecular weight excluding hydrogens is 442 g/mol. The average Bonchev–Trinajstić information content (AvgIpc) is 3.58. The van der Waals surface area contributed by atoms with Crippen molar-refractivity contribution in [1.29, 1.82) is 0 Å². The van der Waals surface area contributed by atoms with Crippen LogP contribution in [0.4, 0.5) is 14.7 Å². The first-order valence-electron chi connectivity index (χ1n) is 9.97. The van der Waals surface area contributed by atoms with Gasteiger partial charge in [0.25, 0.3) is 5.91 Å². The largest absolute Gasteiger partial charge is 0.487 e. The molecule has 2 amide bonds. The van der Waals surface area contributed by atoms with Crippen LogP contribution in [0.15, 0.2) is 42.6 Å². The summed E-state index contributed by atoms with van der Waals surface area (Å²) in [6, 6.07) is 5.40. The van der Waals surface area contributed by atoms with Gasteiger partial charge >= 0.3 is 5.92 Å². The molecule has 1 unspecified atom stereocenters. The molecule has 1 saturated carbocycles. The molecule has 1 aromatic carbocycles. The first kappa shape index (κ1) is 23.6. The molecule has 1 aliphatic carbocycles. The maximum Gasteiger partial charge on any atom is 0.302 e. The molecule has 0 spiro atoms. The highest BCUT2D eigenvalue weighted by Gasteiger charge is 2.31. The number of nitrogens with zero attached hydrogens (tertiary/aromatic N) is 2. The lowest BCUT2D eigenvalue weighted by atomic mass is 10.1. The normalized spacial score (nSPS) is 14.4.